The molecule has 0 fully saturated rings. The molecule has 0 N–H and O–H groups in total. The van der Waals surface area contributed by atoms with Crippen molar-refractivity contribution in [1.82, 2.24) is 0 Å². The summed E-state index contributed by atoms with van der Waals surface area (Å²) in [6.07, 6.45) is 0. The first-order chi connectivity index (χ1) is 28.8. The minimum atomic E-state index is 0.890. The summed E-state index contributed by atoms with van der Waals surface area (Å²) in [6.45, 7) is 0. The van der Waals surface area contributed by atoms with Crippen molar-refractivity contribution in [2.75, 3.05) is 4.90 Å². The lowest BCUT2D eigenvalue weighted by Gasteiger charge is -2.28. The summed E-state index contributed by atoms with van der Waals surface area (Å²) in [6, 6.07) is 80.6. The third-order valence-electron chi connectivity index (χ3n) is 11.5. The lowest BCUT2D eigenvalue weighted by atomic mass is 9.95. The van der Waals surface area contributed by atoms with Crippen LogP contribution in [0.15, 0.2) is 229 Å². The molecule has 2 heteroatoms. The molecule has 0 radical (unpaired) electrons. The first kappa shape index (κ1) is 33.6. The number of fused-ring (bicyclic) bond motifs is 6. The maximum atomic E-state index is 6.89. The van der Waals surface area contributed by atoms with Crippen LogP contribution in [0.5, 0.6) is 0 Å². The van der Waals surface area contributed by atoms with Crippen LogP contribution in [0, 0.1) is 0 Å². The van der Waals surface area contributed by atoms with Crippen molar-refractivity contribution in [1.29, 1.82) is 0 Å². The smallest absolute Gasteiger partial charge is 0.143 e. The monoisotopic (exact) mass is 739 g/mol. The van der Waals surface area contributed by atoms with Crippen molar-refractivity contribution in [3.63, 3.8) is 0 Å². The van der Waals surface area contributed by atoms with E-state index in [1.165, 1.54) is 38.4 Å². The normalized spacial score (nSPS) is 11.4. The highest BCUT2D eigenvalue weighted by atomic mass is 16.3. The van der Waals surface area contributed by atoms with Gasteiger partial charge in [-0.05, 0) is 92.0 Å². The van der Waals surface area contributed by atoms with E-state index in [9.17, 15) is 0 Å². The molecule has 10 aromatic carbocycles. The molecule has 0 atom stereocenters. The van der Waals surface area contributed by atoms with E-state index >= 15 is 0 Å². The first-order valence-corrected chi connectivity index (χ1v) is 19.8. The molecule has 11 rings (SSSR count). The number of furan rings is 1. The highest BCUT2D eigenvalue weighted by molar-refractivity contribution is 6.17. The van der Waals surface area contributed by atoms with Gasteiger partial charge in [-0.25, -0.2) is 0 Å². The lowest BCUT2D eigenvalue weighted by Crippen LogP contribution is -2.11. The summed E-state index contributed by atoms with van der Waals surface area (Å²) >= 11 is 0. The molecule has 58 heavy (non-hydrogen) atoms. The van der Waals surface area contributed by atoms with Crippen LogP contribution < -0.4 is 4.90 Å². The summed E-state index contributed by atoms with van der Waals surface area (Å²) in [4.78, 5) is 2.38. The third-order valence-corrected chi connectivity index (χ3v) is 11.5. The van der Waals surface area contributed by atoms with Crippen molar-refractivity contribution < 1.29 is 4.42 Å². The molecule has 0 saturated heterocycles. The molecule has 1 heterocycles. The Morgan fingerprint density at radius 2 is 0.828 bits per heavy atom. The van der Waals surface area contributed by atoms with E-state index in [0.29, 0.717) is 0 Å². The van der Waals surface area contributed by atoms with E-state index in [2.05, 4.69) is 229 Å². The Labute approximate surface area is 337 Å². The first-order valence-electron chi connectivity index (χ1n) is 19.8. The van der Waals surface area contributed by atoms with Crippen LogP contribution in [-0.2, 0) is 0 Å². The average molecular weight is 740 g/mol. The van der Waals surface area contributed by atoms with Gasteiger partial charge in [0.2, 0.25) is 0 Å². The van der Waals surface area contributed by atoms with Gasteiger partial charge in [-0.2, -0.15) is 0 Å². The van der Waals surface area contributed by atoms with Gasteiger partial charge in [0, 0.05) is 38.7 Å². The molecular weight excluding hydrogens is 703 g/mol. The summed E-state index contributed by atoms with van der Waals surface area (Å²) < 4.78 is 6.89. The second-order valence-electron chi connectivity index (χ2n) is 14.9. The third kappa shape index (κ3) is 5.82. The maximum absolute atomic E-state index is 6.89. The van der Waals surface area contributed by atoms with E-state index in [-0.39, 0.29) is 0 Å². The average Bonchev–Trinajstić information content (AvgIpc) is 3.70. The second kappa shape index (κ2) is 14.1. The predicted octanol–water partition coefficient (Wildman–Crippen LogP) is 16.0. The van der Waals surface area contributed by atoms with Gasteiger partial charge in [0.25, 0.3) is 0 Å². The molecule has 0 aliphatic rings. The standard InChI is InChI=1S/C56H37NO/c1-2-14-38(15-3-1)43-20-11-22-46(37-43)57(45-33-30-39(31-34-45)42-19-10-21-44(36-42)48-26-12-18-40-16-4-6-23-47(40)48)54-29-9-8-25-50(54)51-27-13-28-52-53-35-32-41-17-5-7-24-49(41)55(53)58-56(51)52/h1-37H. The lowest BCUT2D eigenvalue weighted by molar-refractivity contribution is 0.674. The molecule has 11 aromatic rings. The van der Waals surface area contributed by atoms with Crippen LogP contribution in [0.25, 0.3) is 88.0 Å². The number of benzene rings is 10. The van der Waals surface area contributed by atoms with Crippen LogP contribution in [0.2, 0.25) is 0 Å². The zero-order chi connectivity index (χ0) is 38.4. The van der Waals surface area contributed by atoms with Gasteiger partial charge in [0.05, 0.1) is 5.69 Å². The van der Waals surface area contributed by atoms with E-state index in [4.69, 9.17) is 4.42 Å². The molecule has 0 amide bonds. The summed E-state index contributed by atoms with van der Waals surface area (Å²) in [5, 5.41) is 7.04. The van der Waals surface area contributed by atoms with Gasteiger partial charge < -0.3 is 9.32 Å². The summed E-state index contributed by atoms with van der Waals surface area (Å²) in [5.41, 5.74) is 14.3. The van der Waals surface area contributed by atoms with Crippen LogP contribution in [0.4, 0.5) is 17.1 Å². The van der Waals surface area contributed by atoms with Crippen LogP contribution in [-0.4, -0.2) is 0 Å². The number of anilines is 3. The Hall–Kier alpha value is -7.68. The quantitative estimate of drug-likeness (QED) is 0.162. The molecule has 2 nitrogen and oxygen atoms in total. The van der Waals surface area contributed by atoms with Crippen molar-refractivity contribution in [2.24, 2.45) is 0 Å². The van der Waals surface area contributed by atoms with E-state index in [1.54, 1.807) is 0 Å². The van der Waals surface area contributed by atoms with Gasteiger partial charge in [0.1, 0.15) is 11.2 Å². The van der Waals surface area contributed by atoms with Crippen molar-refractivity contribution in [3.05, 3.63) is 224 Å². The SMILES string of the molecule is c1ccc(-c2cccc(N(c3ccc(-c4cccc(-c5cccc6ccccc56)c4)cc3)c3ccccc3-c3cccc4c3oc3c5ccccc5ccc43)c2)cc1. The Balaban J connectivity index is 1.06. The Morgan fingerprint density at radius 3 is 1.69 bits per heavy atom. The number of hydrogen-bond donors (Lipinski definition) is 0. The summed E-state index contributed by atoms with van der Waals surface area (Å²) in [5.74, 6) is 0. The highest BCUT2D eigenvalue weighted by Crippen LogP contribution is 2.46. The summed E-state index contributed by atoms with van der Waals surface area (Å²) in [7, 11) is 0. The molecule has 0 saturated carbocycles. The van der Waals surface area contributed by atoms with Gasteiger partial charge in [-0.1, -0.05) is 182 Å². The largest absolute Gasteiger partial charge is 0.455 e. The van der Waals surface area contributed by atoms with E-state index < -0.39 is 0 Å². The van der Waals surface area contributed by atoms with Crippen molar-refractivity contribution in [3.8, 4) is 44.5 Å². The van der Waals surface area contributed by atoms with Crippen LogP contribution in [0.1, 0.15) is 0 Å². The van der Waals surface area contributed by atoms with Gasteiger partial charge >= 0.3 is 0 Å². The predicted molar refractivity (Wildman–Crippen MR) is 245 cm³/mol. The zero-order valence-corrected chi connectivity index (χ0v) is 31.7. The second-order valence-corrected chi connectivity index (χ2v) is 14.9. The van der Waals surface area contributed by atoms with Crippen molar-refractivity contribution >= 4 is 60.5 Å². The Kier molecular flexibility index (Phi) is 8.19. The Morgan fingerprint density at radius 1 is 0.276 bits per heavy atom. The van der Waals surface area contributed by atoms with Gasteiger partial charge in [0.15, 0.2) is 0 Å². The van der Waals surface area contributed by atoms with Crippen molar-refractivity contribution in [2.45, 2.75) is 0 Å². The fourth-order valence-corrected chi connectivity index (χ4v) is 8.66. The Bertz CT molecular complexity index is 3280. The molecule has 0 unspecified atom stereocenters. The number of hydrogen-bond acceptors (Lipinski definition) is 2. The molecular formula is C56H37NO. The molecule has 0 aliphatic heterocycles. The maximum Gasteiger partial charge on any atom is 0.143 e. The van der Waals surface area contributed by atoms with Gasteiger partial charge in [-0.15, -0.1) is 0 Å². The number of nitrogens with zero attached hydrogens (tertiary/aromatic N) is 1. The van der Waals surface area contributed by atoms with Gasteiger partial charge in [-0.3, -0.25) is 0 Å². The fourth-order valence-electron chi connectivity index (χ4n) is 8.66. The van der Waals surface area contributed by atoms with E-state index in [1.807, 2.05) is 0 Å². The minimum absolute atomic E-state index is 0.890. The molecule has 0 aliphatic carbocycles. The number of para-hydroxylation sites is 2. The fraction of sp³-hybridized carbons (Fsp3) is 0. The zero-order valence-electron chi connectivity index (χ0n) is 31.7. The van der Waals surface area contributed by atoms with Crippen LogP contribution in [0.3, 0.4) is 0 Å². The molecule has 1 aromatic heterocycles. The molecule has 0 spiro atoms. The number of rotatable bonds is 7. The minimum Gasteiger partial charge on any atom is -0.455 e. The molecule has 0 bridgehead atoms. The van der Waals surface area contributed by atoms with Crippen LogP contribution >= 0.6 is 0 Å². The molecule has 272 valence electrons. The topological polar surface area (TPSA) is 16.4 Å². The van der Waals surface area contributed by atoms with E-state index in [0.717, 1.165) is 66.6 Å². The highest BCUT2D eigenvalue weighted by Gasteiger charge is 2.21.